The second-order valence-corrected chi connectivity index (χ2v) is 8.62. The van der Waals surface area contributed by atoms with Crippen LogP contribution in [0.15, 0.2) is 53.6 Å². The van der Waals surface area contributed by atoms with Gasteiger partial charge in [-0.05, 0) is 50.6 Å². The molecule has 31 heavy (non-hydrogen) atoms. The number of nitrogens with zero attached hydrogens (tertiary/aromatic N) is 5. The van der Waals surface area contributed by atoms with Crippen LogP contribution < -0.4 is 9.64 Å². The summed E-state index contributed by atoms with van der Waals surface area (Å²) in [4.78, 5) is 19.2. The second kappa shape index (κ2) is 8.02. The summed E-state index contributed by atoms with van der Waals surface area (Å²) >= 11 is 0. The first-order valence-corrected chi connectivity index (χ1v) is 10.1. The molecular formula is C22H25N5O4. The SMILES string of the molecule is CC(C)(C)OC(=O)N1CC(N=[N+]=[N-])[C@@H](O)[C@H](N2c3ccccc3Oc3ccccc32)C1. The number of carbonyl (C=O) groups excluding carboxylic acids is 1. The molecule has 2 heterocycles. The van der Waals surface area contributed by atoms with Crippen molar-refractivity contribution in [3.8, 4) is 11.5 Å². The van der Waals surface area contributed by atoms with E-state index in [4.69, 9.17) is 15.0 Å². The van der Waals surface area contributed by atoms with Gasteiger partial charge in [0.1, 0.15) is 5.60 Å². The molecule has 9 nitrogen and oxygen atoms in total. The predicted molar refractivity (Wildman–Crippen MR) is 116 cm³/mol. The molecule has 2 aliphatic heterocycles. The van der Waals surface area contributed by atoms with Crippen molar-refractivity contribution in [2.75, 3.05) is 18.0 Å². The fraction of sp³-hybridized carbons (Fsp3) is 0.409. The minimum atomic E-state index is -1.01. The third kappa shape index (κ3) is 4.10. The van der Waals surface area contributed by atoms with Gasteiger partial charge in [0.2, 0.25) is 0 Å². The predicted octanol–water partition coefficient (Wildman–Crippen LogP) is 4.59. The molecule has 3 atom stereocenters. The summed E-state index contributed by atoms with van der Waals surface area (Å²) in [6, 6.07) is 13.6. The van der Waals surface area contributed by atoms with Crippen molar-refractivity contribution < 1.29 is 19.4 Å². The van der Waals surface area contributed by atoms with Crippen molar-refractivity contribution in [3.63, 3.8) is 0 Å². The van der Waals surface area contributed by atoms with E-state index < -0.39 is 29.9 Å². The number of hydrogen-bond acceptors (Lipinski definition) is 6. The Balaban J connectivity index is 1.76. The van der Waals surface area contributed by atoms with Crippen LogP contribution in [0.25, 0.3) is 10.4 Å². The van der Waals surface area contributed by atoms with E-state index in [2.05, 4.69) is 10.0 Å². The van der Waals surface area contributed by atoms with Gasteiger partial charge in [-0.3, -0.25) is 0 Å². The van der Waals surface area contributed by atoms with Crippen LogP contribution in [0.4, 0.5) is 16.2 Å². The van der Waals surface area contributed by atoms with Gasteiger partial charge in [0, 0.05) is 18.0 Å². The first-order valence-electron chi connectivity index (χ1n) is 10.1. The lowest BCUT2D eigenvalue weighted by atomic mass is 9.94. The average molecular weight is 423 g/mol. The van der Waals surface area contributed by atoms with Gasteiger partial charge in [-0.15, -0.1) is 0 Å². The van der Waals surface area contributed by atoms with E-state index in [1.807, 2.05) is 53.4 Å². The number of amides is 1. The van der Waals surface area contributed by atoms with Crippen LogP contribution in [0.5, 0.6) is 11.5 Å². The number of piperidine rings is 1. The first-order chi connectivity index (χ1) is 14.8. The van der Waals surface area contributed by atoms with Crippen molar-refractivity contribution in [1.82, 2.24) is 4.90 Å². The highest BCUT2D eigenvalue weighted by Gasteiger charge is 2.44. The zero-order chi connectivity index (χ0) is 22.2. The molecule has 1 N–H and O–H groups in total. The number of benzene rings is 2. The lowest BCUT2D eigenvalue weighted by Gasteiger charge is -2.47. The Morgan fingerprint density at radius 3 is 2.26 bits per heavy atom. The molecule has 2 aromatic rings. The van der Waals surface area contributed by atoms with Gasteiger partial charge in [0.05, 0.1) is 29.6 Å². The molecule has 1 amide bonds. The van der Waals surface area contributed by atoms with Crippen LogP contribution in [-0.2, 0) is 4.74 Å². The van der Waals surface area contributed by atoms with E-state index in [-0.39, 0.29) is 13.1 Å². The van der Waals surface area contributed by atoms with Crippen LogP contribution in [0.2, 0.25) is 0 Å². The van der Waals surface area contributed by atoms with E-state index in [1.165, 1.54) is 4.90 Å². The highest BCUT2D eigenvalue weighted by atomic mass is 16.6. The van der Waals surface area contributed by atoms with Gasteiger partial charge in [0.15, 0.2) is 11.5 Å². The van der Waals surface area contributed by atoms with Crippen molar-refractivity contribution in [3.05, 3.63) is 59.0 Å². The van der Waals surface area contributed by atoms with Gasteiger partial charge in [-0.1, -0.05) is 29.4 Å². The molecule has 2 aromatic carbocycles. The molecule has 0 aromatic heterocycles. The standard InChI is InChI=1S/C22H25N5O4/c1-22(2,3)31-21(29)26-12-14(24-25-23)20(28)17(13-26)27-15-8-4-6-10-18(15)30-19-11-7-5-9-16(19)27/h4-11,14,17,20,28H,12-13H2,1-3H3/t14?,17-,20-/m1/s1. The Bertz CT molecular complexity index is 985. The molecule has 4 rings (SSSR count). The smallest absolute Gasteiger partial charge is 0.410 e. The fourth-order valence-corrected chi connectivity index (χ4v) is 3.97. The number of ether oxygens (including phenoxy) is 2. The summed E-state index contributed by atoms with van der Waals surface area (Å²) in [5.41, 5.74) is 9.89. The lowest BCUT2D eigenvalue weighted by Crippen LogP contribution is -2.61. The summed E-state index contributed by atoms with van der Waals surface area (Å²) < 4.78 is 11.6. The van der Waals surface area contributed by atoms with Crippen LogP contribution in [-0.4, -0.2) is 53.0 Å². The van der Waals surface area contributed by atoms with Gasteiger partial charge in [0.25, 0.3) is 0 Å². The number of aliphatic hydroxyl groups excluding tert-OH is 1. The number of hydrogen-bond donors (Lipinski definition) is 1. The van der Waals surface area contributed by atoms with E-state index >= 15 is 0 Å². The minimum absolute atomic E-state index is 0.0737. The molecule has 2 aliphatic rings. The number of fused-ring (bicyclic) bond motifs is 2. The number of aliphatic hydroxyl groups is 1. The Morgan fingerprint density at radius 2 is 1.71 bits per heavy atom. The van der Waals surface area contributed by atoms with Gasteiger partial charge in [-0.2, -0.15) is 0 Å². The Hall–Kier alpha value is -3.42. The minimum Gasteiger partial charge on any atom is -0.453 e. The zero-order valence-electron chi connectivity index (χ0n) is 17.7. The fourth-order valence-electron chi connectivity index (χ4n) is 3.97. The van der Waals surface area contributed by atoms with Crippen molar-refractivity contribution in [1.29, 1.82) is 0 Å². The monoisotopic (exact) mass is 423 g/mol. The van der Waals surface area contributed by atoms with E-state index in [9.17, 15) is 9.90 Å². The second-order valence-electron chi connectivity index (χ2n) is 8.62. The summed E-state index contributed by atoms with van der Waals surface area (Å²) in [7, 11) is 0. The Labute approximate surface area is 180 Å². The maximum absolute atomic E-state index is 12.8. The average Bonchev–Trinajstić information content (AvgIpc) is 2.72. The van der Waals surface area contributed by atoms with E-state index in [1.54, 1.807) is 20.8 Å². The molecule has 1 fully saturated rings. The van der Waals surface area contributed by atoms with Crippen molar-refractivity contribution >= 4 is 17.5 Å². The molecule has 0 radical (unpaired) electrons. The molecule has 162 valence electrons. The molecule has 1 unspecified atom stereocenters. The quantitative estimate of drug-likeness (QED) is 0.431. The first kappa shape index (κ1) is 20.8. The molecule has 0 bridgehead atoms. The van der Waals surface area contributed by atoms with Crippen LogP contribution in [0.3, 0.4) is 0 Å². The summed E-state index contributed by atoms with van der Waals surface area (Å²) in [6.45, 7) is 5.64. The number of anilines is 2. The number of likely N-dealkylation sites (tertiary alicyclic amines) is 1. The molecule has 9 heteroatoms. The molecule has 1 saturated heterocycles. The van der Waals surface area contributed by atoms with Gasteiger partial charge < -0.3 is 24.4 Å². The van der Waals surface area contributed by atoms with Gasteiger partial charge >= 0.3 is 6.09 Å². The van der Waals surface area contributed by atoms with Crippen molar-refractivity contribution in [2.45, 2.75) is 44.6 Å². The van der Waals surface area contributed by atoms with Crippen LogP contribution in [0.1, 0.15) is 20.8 Å². The normalized spacial score (nSPS) is 22.5. The lowest BCUT2D eigenvalue weighted by molar-refractivity contribution is -0.00122. The number of para-hydroxylation sites is 4. The summed E-state index contributed by atoms with van der Waals surface area (Å²) in [6.07, 6.45) is -1.52. The topological polar surface area (TPSA) is 111 Å². The molecule has 0 saturated carbocycles. The van der Waals surface area contributed by atoms with Crippen molar-refractivity contribution in [2.24, 2.45) is 5.11 Å². The van der Waals surface area contributed by atoms with Gasteiger partial charge in [-0.25, -0.2) is 4.79 Å². The third-order valence-electron chi connectivity index (χ3n) is 5.26. The molecular weight excluding hydrogens is 398 g/mol. The van der Waals surface area contributed by atoms with E-state index in [0.29, 0.717) is 11.5 Å². The molecule has 0 spiro atoms. The summed E-state index contributed by atoms with van der Waals surface area (Å²) in [5.74, 6) is 1.28. The number of azide groups is 1. The zero-order valence-corrected chi connectivity index (χ0v) is 17.7. The third-order valence-corrected chi connectivity index (χ3v) is 5.26. The largest absolute Gasteiger partial charge is 0.453 e. The highest BCUT2D eigenvalue weighted by Crippen LogP contribution is 2.48. The number of rotatable bonds is 2. The number of carbonyl (C=O) groups is 1. The maximum atomic E-state index is 12.8. The molecule has 0 aliphatic carbocycles. The van der Waals surface area contributed by atoms with Crippen LogP contribution in [0, 0.1) is 0 Å². The van der Waals surface area contributed by atoms with E-state index in [0.717, 1.165) is 11.4 Å². The summed E-state index contributed by atoms with van der Waals surface area (Å²) in [5, 5.41) is 14.9. The Kier molecular flexibility index (Phi) is 5.39. The maximum Gasteiger partial charge on any atom is 0.410 e. The highest BCUT2D eigenvalue weighted by molar-refractivity contribution is 5.79. The Morgan fingerprint density at radius 1 is 1.13 bits per heavy atom. The van der Waals surface area contributed by atoms with Crippen LogP contribution >= 0.6 is 0 Å².